The maximum atomic E-state index is 12.3. The number of nitrogens with one attached hydrogen (secondary N) is 2. The standard InChI is InChI=1S/C20H23N3O3/c1-2-26-20(25)15-8-6-14(7-9-15)16-11-17(13-21-12-16)23-19(24)18-5-3-4-10-22-18/h3-10,16-17,21H,2,11-13H2,1H3,(H,23,24)/t16-,17+/m0/s1. The third-order valence-corrected chi connectivity index (χ3v) is 4.48. The Morgan fingerprint density at radius 3 is 2.69 bits per heavy atom. The second kappa shape index (κ2) is 8.58. The van der Waals surface area contributed by atoms with Crippen molar-refractivity contribution in [2.24, 2.45) is 0 Å². The first-order chi connectivity index (χ1) is 12.7. The quantitative estimate of drug-likeness (QED) is 0.805. The van der Waals surface area contributed by atoms with Crippen LogP contribution in [-0.4, -0.2) is 42.6 Å². The lowest BCUT2D eigenvalue weighted by Gasteiger charge is -2.31. The molecule has 1 aromatic carbocycles. The van der Waals surface area contributed by atoms with Crippen molar-refractivity contribution in [1.82, 2.24) is 15.6 Å². The number of esters is 1. The highest BCUT2D eigenvalue weighted by Crippen LogP contribution is 2.24. The van der Waals surface area contributed by atoms with Gasteiger partial charge in [0.05, 0.1) is 12.2 Å². The number of benzene rings is 1. The first-order valence-electron chi connectivity index (χ1n) is 8.87. The van der Waals surface area contributed by atoms with Gasteiger partial charge in [-0.1, -0.05) is 18.2 Å². The Labute approximate surface area is 153 Å². The van der Waals surface area contributed by atoms with Crippen molar-refractivity contribution < 1.29 is 14.3 Å². The number of piperidine rings is 1. The van der Waals surface area contributed by atoms with Gasteiger partial charge in [-0.15, -0.1) is 0 Å². The van der Waals surface area contributed by atoms with Gasteiger partial charge in [0.1, 0.15) is 5.69 Å². The summed E-state index contributed by atoms with van der Waals surface area (Å²) in [6.45, 7) is 3.73. The van der Waals surface area contributed by atoms with Crippen LogP contribution in [0.3, 0.4) is 0 Å². The van der Waals surface area contributed by atoms with E-state index in [4.69, 9.17) is 4.74 Å². The fourth-order valence-corrected chi connectivity index (χ4v) is 3.17. The summed E-state index contributed by atoms with van der Waals surface area (Å²) in [5.41, 5.74) is 2.12. The minimum Gasteiger partial charge on any atom is -0.462 e. The van der Waals surface area contributed by atoms with Gasteiger partial charge in [-0.25, -0.2) is 4.79 Å². The lowest BCUT2D eigenvalue weighted by molar-refractivity contribution is 0.0526. The molecule has 6 heteroatoms. The van der Waals surface area contributed by atoms with Gasteiger partial charge in [-0.3, -0.25) is 9.78 Å². The molecule has 0 spiro atoms. The number of pyridine rings is 1. The molecule has 6 nitrogen and oxygen atoms in total. The van der Waals surface area contributed by atoms with Crippen LogP contribution in [0.1, 0.15) is 45.7 Å². The summed E-state index contributed by atoms with van der Waals surface area (Å²) in [7, 11) is 0. The van der Waals surface area contributed by atoms with Gasteiger partial charge in [-0.05, 0) is 49.1 Å². The van der Waals surface area contributed by atoms with Gasteiger partial charge in [0.25, 0.3) is 5.91 Å². The summed E-state index contributed by atoms with van der Waals surface area (Å²) < 4.78 is 5.01. The maximum Gasteiger partial charge on any atom is 0.338 e. The van der Waals surface area contributed by atoms with E-state index >= 15 is 0 Å². The van der Waals surface area contributed by atoms with Crippen molar-refractivity contribution in [2.75, 3.05) is 19.7 Å². The molecule has 2 heterocycles. The van der Waals surface area contributed by atoms with Crippen LogP contribution in [0.4, 0.5) is 0 Å². The Hall–Kier alpha value is -2.73. The maximum absolute atomic E-state index is 12.3. The average molecular weight is 353 g/mol. The summed E-state index contributed by atoms with van der Waals surface area (Å²) in [4.78, 5) is 28.1. The van der Waals surface area contributed by atoms with Crippen LogP contribution in [0, 0.1) is 0 Å². The van der Waals surface area contributed by atoms with Crippen molar-refractivity contribution in [3.8, 4) is 0 Å². The molecule has 2 atom stereocenters. The Morgan fingerprint density at radius 2 is 2.00 bits per heavy atom. The molecule has 1 aliphatic heterocycles. The molecule has 1 saturated heterocycles. The number of rotatable bonds is 5. The topological polar surface area (TPSA) is 80.3 Å². The minimum atomic E-state index is -0.304. The zero-order chi connectivity index (χ0) is 18.4. The molecule has 1 fully saturated rings. The van der Waals surface area contributed by atoms with E-state index in [9.17, 15) is 9.59 Å². The molecular weight excluding hydrogens is 330 g/mol. The number of amides is 1. The van der Waals surface area contributed by atoms with E-state index in [1.807, 2.05) is 12.1 Å². The molecule has 136 valence electrons. The Morgan fingerprint density at radius 1 is 1.19 bits per heavy atom. The third kappa shape index (κ3) is 4.46. The number of carbonyl (C=O) groups is 2. The van der Waals surface area contributed by atoms with Gasteiger partial charge >= 0.3 is 5.97 Å². The van der Waals surface area contributed by atoms with Crippen LogP contribution in [0.15, 0.2) is 48.7 Å². The van der Waals surface area contributed by atoms with Crippen molar-refractivity contribution in [3.05, 3.63) is 65.5 Å². The highest BCUT2D eigenvalue weighted by Gasteiger charge is 2.25. The van der Waals surface area contributed by atoms with E-state index in [1.54, 1.807) is 43.5 Å². The molecule has 1 amide bonds. The normalized spacial score (nSPS) is 19.6. The largest absolute Gasteiger partial charge is 0.462 e. The predicted octanol–water partition coefficient (Wildman–Crippen LogP) is 2.13. The summed E-state index contributed by atoms with van der Waals surface area (Å²) >= 11 is 0. The zero-order valence-electron chi connectivity index (χ0n) is 14.8. The van der Waals surface area contributed by atoms with Gasteiger partial charge in [0.2, 0.25) is 0 Å². The first kappa shape index (κ1) is 18.1. The lowest BCUT2D eigenvalue weighted by atomic mass is 9.88. The van der Waals surface area contributed by atoms with Crippen LogP contribution < -0.4 is 10.6 Å². The summed E-state index contributed by atoms with van der Waals surface area (Å²) in [5.74, 6) is -0.189. The SMILES string of the molecule is CCOC(=O)c1ccc([C@@H]2CNC[C@H](NC(=O)c3ccccn3)C2)cc1. The first-order valence-corrected chi connectivity index (χ1v) is 8.87. The molecule has 3 rings (SSSR count). The number of hydrogen-bond acceptors (Lipinski definition) is 5. The van der Waals surface area contributed by atoms with Crippen LogP contribution in [-0.2, 0) is 4.74 Å². The molecule has 0 aliphatic carbocycles. The van der Waals surface area contributed by atoms with Gasteiger partial charge in [-0.2, -0.15) is 0 Å². The van der Waals surface area contributed by atoms with Crippen LogP contribution >= 0.6 is 0 Å². The fraction of sp³-hybridized carbons (Fsp3) is 0.350. The number of hydrogen-bond donors (Lipinski definition) is 2. The van der Waals surface area contributed by atoms with Crippen molar-refractivity contribution in [1.29, 1.82) is 0 Å². The second-order valence-electron chi connectivity index (χ2n) is 6.32. The molecule has 1 aromatic heterocycles. The van der Waals surface area contributed by atoms with E-state index in [-0.39, 0.29) is 23.8 Å². The van der Waals surface area contributed by atoms with E-state index in [1.165, 1.54) is 0 Å². The third-order valence-electron chi connectivity index (χ3n) is 4.48. The van der Waals surface area contributed by atoms with E-state index in [2.05, 4.69) is 15.6 Å². The van der Waals surface area contributed by atoms with E-state index in [0.717, 1.165) is 25.1 Å². The van der Waals surface area contributed by atoms with Gasteiger partial charge in [0.15, 0.2) is 0 Å². The van der Waals surface area contributed by atoms with Crippen LogP contribution in [0.25, 0.3) is 0 Å². The molecule has 1 aliphatic rings. The minimum absolute atomic E-state index is 0.0352. The fourth-order valence-electron chi connectivity index (χ4n) is 3.17. The van der Waals surface area contributed by atoms with Crippen molar-refractivity contribution in [3.63, 3.8) is 0 Å². The highest BCUT2D eigenvalue weighted by atomic mass is 16.5. The van der Waals surface area contributed by atoms with Crippen molar-refractivity contribution >= 4 is 11.9 Å². The number of nitrogens with zero attached hydrogens (tertiary/aromatic N) is 1. The Kier molecular flexibility index (Phi) is 5.96. The number of carbonyl (C=O) groups excluding carboxylic acids is 2. The molecule has 2 aromatic rings. The predicted molar refractivity (Wildman–Crippen MR) is 98.1 cm³/mol. The average Bonchev–Trinajstić information content (AvgIpc) is 2.69. The molecule has 0 radical (unpaired) electrons. The summed E-state index contributed by atoms with van der Waals surface area (Å²) in [6, 6.07) is 12.8. The second-order valence-corrected chi connectivity index (χ2v) is 6.32. The molecule has 26 heavy (non-hydrogen) atoms. The van der Waals surface area contributed by atoms with Crippen LogP contribution in [0.5, 0.6) is 0 Å². The number of ether oxygens (including phenoxy) is 1. The molecule has 0 saturated carbocycles. The number of aromatic nitrogens is 1. The smallest absolute Gasteiger partial charge is 0.338 e. The Bertz CT molecular complexity index is 747. The monoisotopic (exact) mass is 353 g/mol. The van der Waals surface area contributed by atoms with Gasteiger partial charge < -0.3 is 15.4 Å². The molecule has 2 N–H and O–H groups in total. The van der Waals surface area contributed by atoms with Crippen LogP contribution in [0.2, 0.25) is 0 Å². The van der Waals surface area contributed by atoms with E-state index < -0.39 is 0 Å². The zero-order valence-corrected chi connectivity index (χ0v) is 14.8. The highest BCUT2D eigenvalue weighted by molar-refractivity contribution is 5.92. The van der Waals surface area contributed by atoms with E-state index in [0.29, 0.717) is 17.9 Å². The lowest BCUT2D eigenvalue weighted by Crippen LogP contribution is -2.48. The Balaban J connectivity index is 1.61. The van der Waals surface area contributed by atoms with Gasteiger partial charge in [0, 0.05) is 25.3 Å². The molecular formula is C20H23N3O3. The summed E-state index contributed by atoms with van der Waals surface area (Å²) in [5, 5.41) is 6.41. The van der Waals surface area contributed by atoms with Crippen molar-refractivity contribution in [2.45, 2.75) is 25.3 Å². The summed E-state index contributed by atoms with van der Waals surface area (Å²) in [6.07, 6.45) is 2.45. The molecule has 0 unspecified atom stereocenters. The molecule has 0 bridgehead atoms.